The Bertz CT molecular complexity index is 740. The third kappa shape index (κ3) is 5.53. The highest BCUT2D eigenvalue weighted by atomic mass is 16.6. The van der Waals surface area contributed by atoms with E-state index in [9.17, 15) is 14.9 Å². The molecule has 2 aromatic carbocycles. The molecule has 2 rings (SSSR count). The Labute approximate surface area is 146 Å². The third-order valence-corrected chi connectivity index (χ3v) is 3.76. The number of benzene rings is 2. The second-order valence-corrected chi connectivity index (χ2v) is 5.63. The highest BCUT2D eigenvalue weighted by Gasteiger charge is 2.10. The van der Waals surface area contributed by atoms with Gasteiger partial charge in [-0.15, -0.1) is 0 Å². The fraction of sp³-hybridized carbons (Fsp3) is 0.263. The van der Waals surface area contributed by atoms with Gasteiger partial charge in [0.2, 0.25) is 0 Å². The van der Waals surface area contributed by atoms with Crippen LogP contribution >= 0.6 is 0 Å². The number of hydrogen-bond donors (Lipinski definition) is 1. The van der Waals surface area contributed by atoms with E-state index in [4.69, 9.17) is 0 Å². The molecule has 2 aromatic rings. The van der Waals surface area contributed by atoms with Crippen molar-refractivity contribution in [2.24, 2.45) is 5.10 Å². The van der Waals surface area contributed by atoms with Crippen molar-refractivity contribution in [1.29, 1.82) is 0 Å². The van der Waals surface area contributed by atoms with Crippen molar-refractivity contribution < 1.29 is 9.72 Å². The number of nitrogens with one attached hydrogen (secondary N) is 1. The summed E-state index contributed by atoms with van der Waals surface area (Å²) in [4.78, 5) is 22.4. The van der Waals surface area contributed by atoms with E-state index in [-0.39, 0.29) is 11.6 Å². The number of hydrazone groups is 1. The minimum atomic E-state index is -0.499. The van der Waals surface area contributed by atoms with Crippen LogP contribution in [-0.2, 0) is 0 Å². The lowest BCUT2D eigenvalue weighted by Crippen LogP contribution is -2.20. The van der Waals surface area contributed by atoms with Gasteiger partial charge >= 0.3 is 0 Å². The summed E-state index contributed by atoms with van der Waals surface area (Å²) in [5.74, 6) is -0.390. The van der Waals surface area contributed by atoms with Gasteiger partial charge in [-0.25, -0.2) is 5.43 Å². The van der Waals surface area contributed by atoms with Crippen LogP contribution in [0.2, 0.25) is 0 Å². The Hall–Kier alpha value is -3.02. The molecular formula is C19H21N3O3. The number of nitrogens with zero attached hydrogens (tertiary/aromatic N) is 2. The van der Waals surface area contributed by atoms with Crippen molar-refractivity contribution in [3.8, 4) is 0 Å². The maximum Gasteiger partial charge on any atom is 0.271 e. The maximum atomic E-state index is 12.2. The molecule has 1 amide bonds. The summed E-state index contributed by atoms with van der Waals surface area (Å²) in [6.45, 7) is 2.13. The lowest BCUT2D eigenvalue weighted by molar-refractivity contribution is -0.384. The van der Waals surface area contributed by atoms with E-state index in [1.54, 1.807) is 0 Å². The van der Waals surface area contributed by atoms with Crippen molar-refractivity contribution in [2.45, 2.75) is 32.6 Å². The van der Waals surface area contributed by atoms with E-state index in [2.05, 4.69) is 17.5 Å². The molecule has 6 heteroatoms. The number of carbonyl (C=O) groups is 1. The maximum absolute atomic E-state index is 12.2. The molecule has 0 aromatic heterocycles. The predicted molar refractivity (Wildman–Crippen MR) is 97.7 cm³/mol. The molecule has 1 N–H and O–H groups in total. The van der Waals surface area contributed by atoms with E-state index >= 15 is 0 Å². The highest BCUT2D eigenvalue weighted by Crippen LogP contribution is 2.12. The number of unbranched alkanes of at least 4 members (excludes halogenated alkanes) is 2. The van der Waals surface area contributed by atoms with Gasteiger partial charge < -0.3 is 0 Å². The molecule has 0 aliphatic heterocycles. The molecule has 0 saturated carbocycles. The quantitative estimate of drug-likeness (QED) is 0.336. The largest absolute Gasteiger partial charge is 0.271 e. The first kappa shape index (κ1) is 18.3. The van der Waals surface area contributed by atoms with Crippen LogP contribution in [0.15, 0.2) is 59.7 Å². The number of nitro benzene ring substituents is 1. The van der Waals surface area contributed by atoms with Crippen LogP contribution in [0.1, 0.15) is 48.5 Å². The van der Waals surface area contributed by atoms with Gasteiger partial charge in [0.05, 0.1) is 10.6 Å². The summed E-state index contributed by atoms with van der Waals surface area (Å²) in [6, 6.07) is 15.2. The van der Waals surface area contributed by atoms with Gasteiger partial charge in [-0.2, -0.15) is 5.10 Å². The number of non-ortho nitro benzene ring substituents is 1. The van der Waals surface area contributed by atoms with Crippen molar-refractivity contribution in [3.63, 3.8) is 0 Å². The van der Waals surface area contributed by atoms with Crippen molar-refractivity contribution in [1.82, 2.24) is 5.43 Å². The standard InChI is InChI=1S/C19H21N3O3/c1-2-3-5-10-18(15-8-6-4-7-9-15)20-21-19(23)16-11-13-17(14-12-16)22(24)25/h4,6-9,11-14H,2-3,5,10H2,1H3,(H,21,23)/b20-18-. The molecule has 0 saturated heterocycles. The van der Waals surface area contributed by atoms with E-state index in [1.807, 2.05) is 30.3 Å². The Balaban J connectivity index is 2.10. The smallest absolute Gasteiger partial charge is 0.267 e. The molecular weight excluding hydrogens is 318 g/mol. The van der Waals surface area contributed by atoms with Gasteiger partial charge in [0.15, 0.2) is 0 Å². The normalized spacial score (nSPS) is 11.2. The van der Waals surface area contributed by atoms with Gasteiger partial charge in [0, 0.05) is 17.7 Å². The molecule has 25 heavy (non-hydrogen) atoms. The van der Waals surface area contributed by atoms with E-state index in [1.165, 1.54) is 24.3 Å². The molecule has 0 spiro atoms. The average Bonchev–Trinajstić information content (AvgIpc) is 2.65. The second-order valence-electron chi connectivity index (χ2n) is 5.63. The Kier molecular flexibility index (Phi) is 6.83. The zero-order valence-electron chi connectivity index (χ0n) is 14.1. The molecule has 0 atom stereocenters. The molecule has 0 radical (unpaired) electrons. The van der Waals surface area contributed by atoms with Gasteiger partial charge in [-0.1, -0.05) is 50.1 Å². The number of amides is 1. The monoisotopic (exact) mass is 339 g/mol. The molecule has 130 valence electrons. The van der Waals surface area contributed by atoms with Crippen LogP contribution in [0.4, 0.5) is 5.69 Å². The number of nitro groups is 1. The molecule has 6 nitrogen and oxygen atoms in total. The van der Waals surface area contributed by atoms with Crippen molar-refractivity contribution in [2.75, 3.05) is 0 Å². The van der Waals surface area contributed by atoms with Gasteiger partial charge in [0.1, 0.15) is 0 Å². The van der Waals surface area contributed by atoms with Crippen LogP contribution < -0.4 is 5.43 Å². The summed E-state index contributed by atoms with van der Waals surface area (Å²) in [5, 5.41) is 14.9. The summed E-state index contributed by atoms with van der Waals surface area (Å²) < 4.78 is 0. The third-order valence-electron chi connectivity index (χ3n) is 3.76. The highest BCUT2D eigenvalue weighted by molar-refractivity contribution is 6.02. The topological polar surface area (TPSA) is 84.6 Å². The van der Waals surface area contributed by atoms with Crippen molar-refractivity contribution in [3.05, 3.63) is 75.8 Å². The molecule has 0 aliphatic rings. The van der Waals surface area contributed by atoms with Crippen molar-refractivity contribution >= 4 is 17.3 Å². The van der Waals surface area contributed by atoms with Crippen LogP contribution in [0, 0.1) is 10.1 Å². The van der Waals surface area contributed by atoms with Crippen LogP contribution in [-0.4, -0.2) is 16.5 Å². The Morgan fingerprint density at radius 2 is 1.72 bits per heavy atom. The molecule has 0 unspecified atom stereocenters. The summed E-state index contributed by atoms with van der Waals surface area (Å²) in [6.07, 6.45) is 3.98. The number of rotatable bonds is 8. The van der Waals surface area contributed by atoms with Crippen LogP contribution in [0.3, 0.4) is 0 Å². The SMILES string of the molecule is CCCCC/C(=N/NC(=O)c1ccc([N+](=O)[O-])cc1)c1ccccc1. The zero-order chi connectivity index (χ0) is 18.1. The molecule has 0 bridgehead atoms. The zero-order valence-corrected chi connectivity index (χ0v) is 14.1. The van der Waals surface area contributed by atoms with Crippen LogP contribution in [0.25, 0.3) is 0 Å². The number of hydrogen-bond acceptors (Lipinski definition) is 4. The second kappa shape index (κ2) is 9.32. The average molecular weight is 339 g/mol. The first-order chi connectivity index (χ1) is 12.1. The fourth-order valence-corrected chi connectivity index (χ4v) is 2.36. The fourth-order valence-electron chi connectivity index (χ4n) is 2.36. The summed E-state index contributed by atoms with van der Waals surface area (Å²) in [5.41, 5.74) is 4.63. The lowest BCUT2D eigenvalue weighted by atomic mass is 10.0. The molecule has 0 fully saturated rings. The van der Waals surface area contributed by atoms with Gasteiger partial charge in [-0.3, -0.25) is 14.9 Å². The molecule has 0 aliphatic carbocycles. The van der Waals surface area contributed by atoms with E-state index in [0.29, 0.717) is 5.56 Å². The molecule has 0 heterocycles. The van der Waals surface area contributed by atoms with Gasteiger partial charge in [0.25, 0.3) is 11.6 Å². The Morgan fingerprint density at radius 1 is 1.04 bits per heavy atom. The van der Waals surface area contributed by atoms with Gasteiger partial charge in [-0.05, 0) is 30.5 Å². The lowest BCUT2D eigenvalue weighted by Gasteiger charge is -2.07. The van der Waals surface area contributed by atoms with E-state index in [0.717, 1.165) is 37.0 Å². The first-order valence-electron chi connectivity index (χ1n) is 8.28. The van der Waals surface area contributed by atoms with Crippen LogP contribution in [0.5, 0.6) is 0 Å². The minimum absolute atomic E-state index is 0.0513. The first-order valence-corrected chi connectivity index (χ1v) is 8.28. The summed E-state index contributed by atoms with van der Waals surface area (Å²) >= 11 is 0. The predicted octanol–water partition coefficient (Wildman–Crippen LogP) is 4.31. The van der Waals surface area contributed by atoms with E-state index < -0.39 is 4.92 Å². The number of carbonyl (C=O) groups excluding carboxylic acids is 1. The Morgan fingerprint density at radius 3 is 2.32 bits per heavy atom. The summed E-state index contributed by atoms with van der Waals surface area (Å²) in [7, 11) is 0. The minimum Gasteiger partial charge on any atom is -0.267 e.